The van der Waals surface area contributed by atoms with Crippen LogP contribution in [0.1, 0.15) is 0 Å². The van der Waals surface area contributed by atoms with Gasteiger partial charge >= 0.3 is 36.1 Å². The SMILES string of the molecule is CB([O][Al]([CH3])[CH3])[O][Al]([CH3])[CH3]. The van der Waals surface area contributed by atoms with Crippen molar-refractivity contribution in [2.45, 2.75) is 30.0 Å². The maximum absolute atomic E-state index is 5.51. The van der Waals surface area contributed by atoms with Gasteiger partial charge in [0.05, 0.1) is 0 Å². The Balaban J connectivity index is 3.34. The molecule has 56 valence electrons. The Kier molecular flexibility index (Phi) is 6.26. The molecule has 2 nitrogen and oxygen atoms in total. The average molecular weight is 172 g/mol. The maximum atomic E-state index is 5.51. The molecule has 0 heterocycles. The molecule has 0 saturated carbocycles. The van der Waals surface area contributed by atoms with Crippen molar-refractivity contribution in [3.8, 4) is 0 Å². The van der Waals surface area contributed by atoms with E-state index in [9.17, 15) is 0 Å². The normalized spacial score (nSPS) is 9.30. The molecule has 0 radical (unpaired) electrons. The Hall–Kier alpha value is 1.05. The monoisotopic (exact) mass is 172 g/mol. The Labute approximate surface area is 73.5 Å². The van der Waals surface area contributed by atoms with Gasteiger partial charge in [-0.15, -0.1) is 0 Å². The van der Waals surface area contributed by atoms with Crippen LogP contribution in [0.2, 0.25) is 30.0 Å². The molecule has 0 saturated heterocycles. The van der Waals surface area contributed by atoms with Crippen LogP contribution < -0.4 is 0 Å². The summed E-state index contributed by atoms with van der Waals surface area (Å²) in [7, 11) is 0.0401. The van der Waals surface area contributed by atoms with Crippen molar-refractivity contribution >= 4 is 36.1 Å². The van der Waals surface area contributed by atoms with Crippen LogP contribution in [0.15, 0.2) is 0 Å². The van der Waals surface area contributed by atoms with Gasteiger partial charge in [0.25, 0.3) is 0 Å². The van der Waals surface area contributed by atoms with Gasteiger partial charge < -0.3 is 7.41 Å². The fraction of sp³-hybridized carbons (Fsp3) is 1.00. The first-order valence-electron chi connectivity index (χ1n) is 3.83. The van der Waals surface area contributed by atoms with E-state index in [1.807, 2.05) is 6.82 Å². The minimum Gasteiger partial charge on any atom is -0.546 e. The predicted octanol–water partition coefficient (Wildman–Crippen LogP) is 1.64. The maximum Gasteiger partial charge on any atom is 0.439 e. The standard InChI is InChI=1S/CH3BO2.4CH3.2Al/c1-2(3)4;;;;;;/h1H3;4*1H3;;/q-2;;;;;2*+1. The molecule has 0 fully saturated rings. The molecule has 0 bridgehead atoms. The summed E-state index contributed by atoms with van der Waals surface area (Å²) in [4.78, 5) is 0. The van der Waals surface area contributed by atoms with Crippen LogP contribution in [0.5, 0.6) is 0 Å². The molecule has 0 rings (SSSR count). The highest BCUT2D eigenvalue weighted by Crippen LogP contribution is 1.95. The quantitative estimate of drug-likeness (QED) is 0.600. The first-order valence-corrected chi connectivity index (χ1v) is 9.39. The van der Waals surface area contributed by atoms with Gasteiger partial charge in [0.15, 0.2) is 0 Å². The highest BCUT2D eigenvalue weighted by molar-refractivity contribution is 6.66. The molecule has 0 unspecified atom stereocenters. The van der Waals surface area contributed by atoms with E-state index in [-0.39, 0.29) is 7.12 Å². The predicted molar refractivity (Wildman–Crippen MR) is 48.8 cm³/mol. The molecule has 0 N–H and O–H groups in total. The molecule has 0 aliphatic heterocycles. The summed E-state index contributed by atoms with van der Waals surface area (Å²) < 4.78 is 11.0. The van der Waals surface area contributed by atoms with Crippen LogP contribution in [0.25, 0.3) is 0 Å². The lowest BCUT2D eigenvalue weighted by atomic mass is 9.98. The molecule has 0 aromatic rings. The highest BCUT2D eigenvalue weighted by atomic mass is 27.2. The molecule has 0 aliphatic rings. The lowest BCUT2D eigenvalue weighted by molar-refractivity contribution is 0.449. The van der Waals surface area contributed by atoms with E-state index in [1.54, 1.807) is 0 Å². The molecule has 0 atom stereocenters. The van der Waals surface area contributed by atoms with Crippen molar-refractivity contribution < 1.29 is 7.41 Å². The van der Waals surface area contributed by atoms with Gasteiger partial charge in [-0.3, -0.25) is 0 Å². The van der Waals surface area contributed by atoms with E-state index in [0.717, 1.165) is 0 Å². The summed E-state index contributed by atoms with van der Waals surface area (Å²) in [5.41, 5.74) is 0. The van der Waals surface area contributed by atoms with E-state index in [1.165, 1.54) is 0 Å². The first kappa shape index (κ1) is 11.0. The minimum atomic E-state index is -0.890. The van der Waals surface area contributed by atoms with Crippen molar-refractivity contribution in [2.24, 2.45) is 0 Å². The second-order valence-electron chi connectivity index (χ2n) is 2.94. The summed E-state index contributed by atoms with van der Waals surface area (Å²) in [5.74, 6) is 8.62. The summed E-state index contributed by atoms with van der Waals surface area (Å²) in [6.45, 7) is 1.99. The van der Waals surface area contributed by atoms with Gasteiger partial charge in [0.1, 0.15) is 0 Å². The lowest BCUT2D eigenvalue weighted by Crippen LogP contribution is -2.29. The van der Waals surface area contributed by atoms with Gasteiger partial charge in [-0.2, -0.15) is 0 Å². The summed E-state index contributed by atoms with van der Waals surface area (Å²) in [6.07, 6.45) is 0. The second-order valence-corrected chi connectivity index (χ2v) is 7.68. The Morgan fingerprint density at radius 1 is 0.900 bits per heavy atom. The second kappa shape index (κ2) is 5.67. The van der Waals surface area contributed by atoms with E-state index in [2.05, 4.69) is 23.1 Å². The molecule has 0 aromatic heterocycles. The van der Waals surface area contributed by atoms with Crippen molar-refractivity contribution in [1.29, 1.82) is 0 Å². The summed E-state index contributed by atoms with van der Waals surface area (Å²) in [6, 6.07) is 0. The Bertz CT molecular complexity index is 79.7. The van der Waals surface area contributed by atoms with Gasteiger partial charge in [-0.1, -0.05) is 23.1 Å². The Morgan fingerprint density at radius 2 is 1.20 bits per heavy atom. The van der Waals surface area contributed by atoms with Crippen LogP contribution in [0.4, 0.5) is 0 Å². The van der Waals surface area contributed by atoms with Gasteiger partial charge in [-0.25, -0.2) is 0 Å². The number of hydrogen-bond donors (Lipinski definition) is 0. The largest absolute Gasteiger partial charge is 0.546 e. The van der Waals surface area contributed by atoms with Crippen molar-refractivity contribution in [1.82, 2.24) is 0 Å². The molecule has 0 amide bonds. The third-order valence-electron chi connectivity index (χ3n) is 0.928. The average Bonchev–Trinajstić information content (AvgIpc) is 1.58. The topological polar surface area (TPSA) is 18.5 Å². The molecule has 10 heavy (non-hydrogen) atoms. The molecule has 5 heteroatoms. The molecule has 0 aliphatic carbocycles. The zero-order valence-electron chi connectivity index (χ0n) is 7.55. The third kappa shape index (κ3) is 7.16. The van der Waals surface area contributed by atoms with E-state index in [0.29, 0.717) is 0 Å². The van der Waals surface area contributed by atoms with Gasteiger partial charge in [0.2, 0.25) is 0 Å². The number of rotatable bonds is 4. The summed E-state index contributed by atoms with van der Waals surface area (Å²) in [5, 5.41) is 0. The molecule has 0 spiro atoms. The Morgan fingerprint density at radius 3 is 1.40 bits per heavy atom. The van der Waals surface area contributed by atoms with Crippen molar-refractivity contribution in [3.05, 3.63) is 0 Å². The third-order valence-corrected chi connectivity index (χ3v) is 2.78. The van der Waals surface area contributed by atoms with Crippen LogP contribution >= 0.6 is 0 Å². The van der Waals surface area contributed by atoms with Crippen molar-refractivity contribution in [3.63, 3.8) is 0 Å². The lowest BCUT2D eigenvalue weighted by Gasteiger charge is -2.14. The zero-order valence-corrected chi connectivity index (χ0v) is 9.86. The van der Waals surface area contributed by atoms with Gasteiger partial charge in [0, 0.05) is 0 Å². The van der Waals surface area contributed by atoms with Crippen LogP contribution in [0, 0.1) is 0 Å². The summed E-state index contributed by atoms with van der Waals surface area (Å²) >= 11 is -1.78. The number of hydrogen-bond acceptors (Lipinski definition) is 2. The fourth-order valence-electron chi connectivity index (χ4n) is 0.799. The minimum absolute atomic E-state index is 0.0401. The van der Waals surface area contributed by atoms with Crippen molar-refractivity contribution in [2.75, 3.05) is 0 Å². The van der Waals surface area contributed by atoms with Gasteiger partial charge in [-0.05, 0) is 6.82 Å². The molecular weight excluding hydrogens is 157 g/mol. The highest BCUT2D eigenvalue weighted by Gasteiger charge is 2.17. The fourth-order valence-corrected chi connectivity index (χ4v) is 2.59. The zero-order chi connectivity index (χ0) is 8.15. The van der Waals surface area contributed by atoms with Crippen LogP contribution in [-0.4, -0.2) is 36.1 Å². The first-order chi connectivity index (χ1) is 4.52. The van der Waals surface area contributed by atoms with E-state index >= 15 is 0 Å². The van der Waals surface area contributed by atoms with E-state index in [4.69, 9.17) is 7.41 Å². The van der Waals surface area contributed by atoms with E-state index < -0.39 is 29.0 Å². The van der Waals surface area contributed by atoms with Crippen LogP contribution in [0.3, 0.4) is 0 Å². The molecule has 0 aromatic carbocycles. The smallest absolute Gasteiger partial charge is 0.439 e. The van der Waals surface area contributed by atoms with Crippen LogP contribution in [-0.2, 0) is 7.41 Å². The molecular formula is C5H15Al2BO2.